The Labute approximate surface area is 62.4 Å². The van der Waals surface area contributed by atoms with Crippen LogP contribution in [0.1, 0.15) is 6.92 Å². The maximum Gasteiger partial charge on any atom is 0.355 e. The molecule has 0 radical (unpaired) electrons. The maximum atomic E-state index is 5.31. The summed E-state index contributed by atoms with van der Waals surface area (Å²) in [7, 11) is 0. The SMILES string of the molecule is CCOc1nnc(Cl)nn1. The molecule has 0 fully saturated rings. The Bertz CT molecular complexity index is 201. The van der Waals surface area contributed by atoms with Crippen molar-refractivity contribution in [3.8, 4) is 6.01 Å². The van der Waals surface area contributed by atoms with Crippen LogP contribution >= 0.6 is 11.6 Å². The van der Waals surface area contributed by atoms with Gasteiger partial charge in [0.2, 0.25) is 0 Å². The zero-order valence-corrected chi connectivity index (χ0v) is 6.04. The highest BCUT2D eigenvalue weighted by molar-refractivity contribution is 6.28. The summed E-state index contributed by atoms with van der Waals surface area (Å²) >= 11 is 5.31. The van der Waals surface area contributed by atoms with Crippen molar-refractivity contribution in [2.75, 3.05) is 6.61 Å². The summed E-state index contributed by atoms with van der Waals surface area (Å²) in [5.74, 6) is 0. The van der Waals surface area contributed by atoms with E-state index >= 15 is 0 Å². The fourth-order valence-corrected chi connectivity index (χ4v) is 0.470. The first-order valence-electron chi connectivity index (χ1n) is 2.68. The number of hydrogen-bond acceptors (Lipinski definition) is 5. The van der Waals surface area contributed by atoms with Crippen LogP contribution in [0.5, 0.6) is 6.01 Å². The van der Waals surface area contributed by atoms with Crippen LogP contribution in [0.15, 0.2) is 0 Å². The molecule has 1 aromatic rings. The van der Waals surface area contributed by atoms with Crippen LogP contribution in [-0.2, 0) is 0 Å². The van der Waals surface area contributed by atoms with Gasteiger partial charge in [-0.3, -0.25) is 0 Å². The van der Waals surface area contributed by atoms with E-state index in [2.05, 4.69) is 20.4 Å². The van der Waals surface area contributed by atoms with Gasteiger partial charge in [-0.1, -0.05) is 10.2 Å². The third kappa shape index (κ3) is 1.77. The van der Waals surface area contributed by atoms with E-state index in [9.17, 15) is 0 Å². The van der Waals surface area contributed by atoms with E-state index in [1.807, 2.05) is 6.92 Å². The van der Waals surface area contributed by atoms with E-state index in [4.69, 9.17) is 16.3 Å². The zero-order chi connectivity index (χ0) is 7.40. The Morgan fingerprint density at radius 2 is 1.90 bits per heavy atom. The standard InChI is InChI=1S/C4H5ClN4O/c1-2-10-4-8-6-3(5)7-9-4/h2H2,1H3. The largest absolute Gasteiger partial charge is 0.462 e. The number of halogens is 1. The number of aromatic nitrogens is 4. The second-order valence-electron chi connectivity index (χ2n) is 1.38. The molecule has 6 heteroatoms. The third-order valence-corrected chi connectivity index (χ3v) is 0.861. The van der Waals surface area contributed by atoms with Gasteiger partial charge in [0, 0.05) is 0 Å². The van der Waals surface area contributed by atoms with E-state index in [0.717, 1.165) is 0 Å². The summed E-state index contributed by atoms with van der Waals surface area (Å²) in [6.45, 7) is 2.31. The Kier molecular flexibility index (Phi) is 2.33. The van der Waals surface area contributed by atoms with Crippen LogP contribution in [0.25, 0.3) is 0 Å². The quantitative estimate of drug-likeness (QED) is 0.624. The predicted octanol–water partition coefficient (Wildman–Crippen LogP) is 0.319. The molecular weight excluding hydrogens is 156 g/mol. The second-order valence-corrected chi connectivity index (χ2v) is 1.72. The van der Waals surface area contributed by atoms with Crippen LogP contribution in [-0.4, -0.2) is 27.0 Å². The fraction of sp³-hybridized carbons (Fsp3) is 0.500. The van der Waals surface area contributed by atoms with Gasteiger partial charge >= 0.3 is 6.01 Å². The van der Waals surface area contributed by atoms with Gasteiger partial charge < -0.3 is 4.74 Å². The molecule has 1 aromatic heterocycles. The molecule has 0 aliphatic rings. The summed E-state index contributed by atoms with van der Waals surface area (Å²) in [5, 5.41) is 13.8. The summed E-state index contributed by atoms with van der Waals surface area (Å²) in [6.07, 6.45) is 0. The molecule has 5 nitrogen and oxygen atoms in total. The molecule has 0 saturated carbocycles. The van der Waals surface area contributed by atoms with E-state index < -0.39 is 0 Å². The molecule has 1 rings (SSSR count). The molecule has 0 bridgehead atoms. The molecule has 1 heterocycles. The number of nitrogens with zero attached hydrogens (tertiary/aromatic N) is 4. The van der Waals surface area contributed by atoms with Crippen LogP contribution in [0.2, 0.25) is 5.28 Å². The maximum absolute atomic E-state index is 5.31. The van der Waals surface area contributed by atoms with Gasteiger partial charge in [0.05, 0.1) is 6.61 Å². The first-order chi connectivity index (χ1) is 4.83. The van der Waals surface area contributed by atoms with E-state index in [1.54, 1.807) is 0 Å². The van der Waals surface area contributed by atoms with Crippen LogP contribution < -0.4 is 4.74 Å². The molecule has 0 N–H and O–H groups in total. The molecule has 0 aliphatic carbocycles. The monoisotopic (exact) mass is 160 g/mol. The summed E-state index contributed by atoms with van der Waals surface area (Å²) < 4.78 is 4.85. The molecule has 10 heavy (non-hydrogen) atoms. The smallest absolute Gasteiger partial charge is 0.355 e. The molecule has 0 aliphatic heterocycles. The lowest BCUT2D eigenvalue weighted by atomic mass is 10.9. The van der Waals surface area contributed by atoms with Crippen LogP contribution in [0.3, 0.4) is 0 Å². The lowest BCUT2D eigenvalue weighted by molar-refractivity contribution is 0.302. The van der Waals surface area contributed by atoms with Gasteiger partial charge in [-0.2, -0.15) is 0 Å². The van der Waals surface area contributed by atoms with E-state index in [0.29, 0.717) is 6.61 Å². The minimum atomic E-state index is 0.0171. The Morgan fingerprint density at radius 1 is 1.30 bits per heavy atom. The lowest BCUT2D eigenvalue weighted by Gasteiger charge is -1.95. The molecule has 0 saturated heterocycles. The Hall–Kier alpha value is -0.970. The van der Waals surface area contributed by atoms with Crippen molar-refractivity contribution < 1.29 is 4.74 Å². The first kappa shape index (κ1) is 7.14. The van der Waals surface area contributed by atoms with Crippen molar-refractivity contribution in [3.05, 3.63) is 5.28 Å². The van der Waals surface area contributed by atoms with Gasteiger partial charge in [0.15, 0.2) is 0 Å². The Balaban J connectivity index is 2.69. The van der Waals surface area contributed by atoms with Crippen molar-refractivity contribution >= 4 is 11.6 Å². The van der Waals surface area contributed by atoms with Crippen molar-refractivity contribution in [1.29, 1.82) is 0 Å². The van der Waals surface area contributed by atoms with Crippen molar-refractivity contribution in [2.45, 2.75) is 6.92 Å². The lowest BCUT2D eigenvalue weighted by Crippen LogP contribution is -2.00. The highest BCUT2D eigenvalue weighted by atomic mass is 35.5. The second kappa shape index (κ2) is 3.26. The average molecular weight is 161 g/mol. The topological polar surface area (TPSA) is 60.8 Å². The van der Waals surface area contributed by atoms with E-state index in [-0.39, 0.29) is 11.3 Å². The predicted molar refractivity (Wildman–Crippen MR) is 33.8 cm³/mol. The minimum absolute atomic E-state index is 0.0171. The molecule has 54 valence electrons. The zero-order valence-electron chi connectivity index (χ0n) is 5.28. The highest BCUT2D eigenvalue weighted by Crippen LogP contribution is 1.98. The molecule has 0 amide bonds. The minimum Gasteiger partial charge on any atom is -0.462 e. The normalized spacial score (nSPS) is 9.40. The van der Waals surface area contributed by atoms with Crippen molar-refractivity contribution in [1.82, 2.24) is 20.4 Å². The average Bonchev–Trinajstić information content (AvgIpc) is 1.95. The molecule has 0 spiro atoms. The molecule has 0 atom stereocenters. The number of rotatable bonds is 2. The molecule has 0 aromatic carbocycles. The number of hydrogen-bond donors (Lipinski definition) is 0. The van der Waals surface area contributed by atoms with Crippen molar-refractivity contribution in [3.63, 3.8) is 0 Å². The van der Waals surface area contributed by atoms with Crippen molar-refractivity contribution in [2.24, 2.45) is 0 Å². The fourth-order valence-electron chi connectivity index (χ4n) is 0.395. The summed E-state index contributed by atoms with van der Waals surface area (Å²) in [4.78, 5) is 0. The van der Waals surface area contributed by atoms with Gasteiger partial charge in [-0.05, 0) is 18.5 Å². The summed E-state index contributed by atoms with van der Waals surface area (Å²) in [6, 6.07) is 0.145. The van der Waals surface area contributed by atoms with Crippen LogP contribution in [0.4, 0.5) is 0 Å². The van der Waals surface area contributed by atoms with Gasteiger partial charge in [-0.25, -0.2) is 0 Å². The third-order valence-electron chi connectivity index (χ3n) is 0.710. The molecule has 0 unspecified atom stereocenters. The Morgan fingerprint density at radius 3 is 2.40 bits per heavy atom. The van der Waals surface area contributed by atoms with Crippen LogP contribution in [0, 0.1) is 0 Å². The first-order valence-corrected chi connectivity index (χ1v) is 3.06. The highest BCUT2D eigenvalue weighted by Gasteiger charge is 1.96. The van der Waals surface area contributed by atoms with E-state index in [1.165, 1.54) is 0 Å². The van der Waals surface area contributed by atoms with Gasteiger partial charge in [0.1, 0.15) is 0 Å². The number of ether oxygens (including phenoxy) is 1. The van der Waals surface area contributed by atoms with Gasteiger partial charge in [-0.15, -0.1) is 10.2 Å². The molecular formula is C4H5ClN4O. The summed E-state index contributed by atoms with van der Waals surface area (Å²) in [5.41, 5.74) is 0. The van der Waals surface area contributed by atoms with Gasteiger partial charge in [0.25, 0.3) is 5.28 Å².